The van der Waals surface area contributed by atoms with Gasteiger partial charge in [0.1, 0.15) is 0 Å². The van der Waals surface area contributed by atoms with Crippen molar-refractivity contribution >= 4 is 11.7 Å². The Morgan fingerprint density at radius 1 is 1.36 bits per heavy atom. The minimum atomic E-state index is -0.206. The maximum atomic E-state index is 12.8. The van der Waals surface area contributed by atoms with Crippen LogP contribution in [0, 0.1) is 11.3 Å². The zero-order chi connectivity index (χ0) is 17.5. The van der Waals surface area contributed by atoms with Crippen molar-refractivity contribution in [1.29, 1.82) is 5.26 Å². The van der Waals surface area contributed by atoms with Gasteiger partial charge in [-0.05, 0) is 48.7 Å². The van der Waals surface area contributed by atoms with E-state index >= 15 is 0 Å². The Bertz CT molecular complexity index is 752. The molecule has 6 nitrogen and oxygen atoms in total. The number of anilines is 1. The van der Waals surface area contributed by atoms with Gasteiger partial charge in [-0.25, -0.2) is 4.79 Å². The first kappa shape index (κ1) is 16.9. The molecule has 0 unspecified atom stereocenters. The second-order valence-corrected chi connectivity index (χ2v) is 5.99. The first-order valence-electron chi connectivity index (χ1n) is 8.31. The van der Waals surface area contributed by atoms with Crippen LogP contribution >= 0.6 is 0 Å². The molecule has 1 aliphatic rings. The Balaban J connectivity index is 1.72. The van der Waals surface area contributed by atoms with E-state index < -0.39 is 0 Å². The summed E-state index contributed by atoms with van der Waals surface area (Å²) in [6, 6.07) is 12.6. The number of amides is 2. The van der Waals surface area contributed by atoms with E-state index in [0.29, 0.717) is 24.3 Å². The van der Waals surface area contributed by atoms with Gasteiger partial charge in [-0.15, -0.1) is 0 Å². The van der Waals surface area contributed by atoms with E-state index in [4.69, 9.17) is 10.00 Å². The van der Waals surface area contributed by atoms with Crippen molar-refractivity contribution < 1.29 is 9.53 Å². The number of pyridine rings is 1. The molecule has 1 aromatic heterocycles. The topological polar surface area (TPSA) is 78.3 Å². The predicted molar refractivity (Wildman–Crippen MR) is 93.8 cm³/mol. The summed E-state index contributed by atoms with van der Waals surface area (Å²) in [4.78, 5) is 18.5. The second kappa shape index (κ2) is 8.27. The number of aromatic nitrogens is 1. The van der Waals surface area contributed by atoms with Crippen LogP contribution in [0.5, 0.6) is 0 Å². The number of rotatable bonds is 5. The summed E-state index contributed by atoms with van der Waals surface area (Å²) in [5.41, 5.74) is 2.13. The fraction of sp³-hybridized carbons (Fsp3) is 0.316. The van der Waals surface area contributed by atoms with Gasteiger partial charge in [0, 0.05) is 37.8 Å². The van der Waals surface area contributed by atoms with Gasteiger partial charge in [-0.3, -0.25) is 4.98 Å². The van der Waals surface area contributed by atoms with E-state index in [-0.39, 0.29) is 12.1 Å². The lowest BCUT2D eigenvalue weighted by molar-refractivity contribution is 0.0819. The van der Waals surface area contributed by atoms with Crippen molar-refractivity contribution in [2.75, 3.05) is 18.5 Å². The van der Waals surface area contributed by atoms with Crippen molar-refractivity contribution in [3.8, 4) is 6.07 Å². The van der Waals surface area contributed by atoms with Crippen LogP contribution in [0.1, 0.15) is 24.0 Å². The molecule has 1 atom stereocenters. The molecule has 0 saturated carbocycles. The average Bonchev–Trinajstić information content (AvgIpc) is 3.15. The van der Waals surface area contributed by atoms with Gasteiger partial charge in [-0.1, -0.05) is 6.07 Å². The summed E-state index contributed by atoms with van der Waals surface area (Å²) in [6.07, 6.45) is 5.49. The molecule has 1 saturated heterocycles. The summed E-state index contributed by atoms with van der Waals surface area (Å²) < 4.78 is 5.68. The maximum absolute atomic E-state index is 12.8. The Kier molecular flexibility index (Phi) is 5.60. The van der Waals surface area contributed by atoms with Crippen molar-refractivity contribution in [1.82, 2.24) is 9.88 Å². The highest BCUT2D eigenvalue weighted by atomic mass is 16.5. The van der Waals surface area contributed by atoms with Crippen LogP contribution in [-0.4, -0.2) is 35.2 Å². The van der Waals surface area contributed by atoms with Crippen molar-refractivity contribution in [3.63, 3.8) is 0 Å². The molecule has 1 aromatic carbocycles. The Morgan fingerprint density at radius 2 is 2.20 bits per heavy atom. The maximum Gasteiger partial charge on any atom is 0.322 e. The molecule has 6 heteroatoms. The number of urea groups is 1. The third-order valence-electron chi connectivity index (χ3n) is 4.10. The molecule has 0 spiro atoms. The van der Waals surface area contributed by atoms with Crippen LogP contribution in [0.3, 0.4) is 0 Å². The van der Waals surface area contributed by atoms with Gasteiger partial charge in [-0.2, -0.15) is 5.26 Å². The molecule has 3 rings (SSSR count). The first-order valence-corrected chi connectivity index (χ1v) is 8.31. The van der Waals surface area contributed by atoms with Gasteiger partial charge in [0.2, 0.25) is 0 Å². The first-order chi connectivity index (χ1) is 12.2. The van der Waals surface area contributed by atoms with Gasteiger partial charge in [0.25, 0.3) is 0 Å². The predicted octanol–water partition coefficient (Wildman–Crippen LogP) is 3.17. The number of nitriles is 1. The summed E-state index contributed by atoms with van der Waals surface area (Å²) in [5, 5.41) is 11.9. The van der Waals surface area contributed by atoms with Crippen LogP contribution in [0.25, 0.3) is 0 Å². The minimum absolute atomic E-state index is 0.0676. The molecular formula is C19H20N4O2. The van der Waals surface area contributed by atoms with Crippen molar-refractivity contribution in [3.05, 3.63) is 59.9 Å². The molecule has 1 N–H and O–H groups in total. The van der Waals surface area contributed by atoms with Crippen LogP contribution in [0.15, 0.2) is 48.8 Å². The standard InChI is InChI=1S/C19H20N4O2/c20-12-16-3-1-4-17(11-16)22-19(24)23(14-18-5-2-10-25-18)13-15-6-8-21-9-7-15/h1,3-4,6-9,11,18H,2,5,10,13-14H2,(H,22,24)/t18-/m0/s1. The average molecular weight is 336 g/mol. The summed E-state index contributed by atoms with van der Waals surface area (Å²) >= 11 is 0. The quantitative estimate of drug-likeness (QED) is 0.909. The fourth-order valence-corrected chi connectivity index (χ4v) is 2.83. The Labute approximate surface area is 147 Å². The third kappa shape index (κ3) is 4.78. The van der Waals surface area contributed by atoms with Gasteiger partial charge in [0.15, 0.2) is 0 Å². The van der Waals surface area contributed by atoms with Crippen molar-refractivity contribution in [2.45, 2.75) is 25.5 Å². The smallest absolute Gasteiger partial charge is 0.322 e. The number of nitrogens with zero attached hydrogens (tertiary/aromatic N) is 3. The highest BCUT2D eigenvalue weighted by molar-refractivity contribution is 5.89. The second-order valence-electron chi connectivity index (χ2n) is 5.99. The largest absolute Gasteiger partial charge is 0.376 e. The van der Waals surface area contributed by atoms with Crippen LogP contribution in [-0.2, 0) is 11.3 Å². The molecule has 128 valence electrons. The van der Waals surface area contributed by atoms with Gasteiger partial charge < -0.3 is 15.0 Å². The molecule has 0 radical (unpaired) electrons. The molecule has 0 aliphatic carbocycles. The van der Waals surface area contributed by atoms with Crippen LogP contribution in [0.2, 0.25) is 0 Å². The zero-order valence-electron chi connectivity index (χ0n) is 13.9. The summed E-state index contributed by atoms with van der Waals surface area (Å²) in [5.74, 6) is 0. The Hall–Kier alpha value is -2.91. The van der Waals surface area contributed by atoms with Gasteiger partial charge in [0.05, 0.1) is 17.7 Å². The molecule has 2 amide bonds. The normalized spacial score (nSPS) is 16.2. The number of benzene rings is 1. The lowest BCUT2D eigenvalue weighted by atomic mass is 10.2. The van der Waals surface area contributed by atoms with Crippen LogP contribution in [0.4, 0.5) is 10.5 Å². The molecule has 1 aliphatic heterocycles. The van der Waals surface area contributed by atoms with Gasteiger partial charge >= 0.3 is 6.03 Å². The van der Waals surface area contributed by atoms with E-state index in [1.165, 1.54) is 0 Å². The molecule has 2 heterocycles. The highest BCUT2D eigenvalue weighted by Gasteiger charge is 2.23. The molecule has 1 fully saturated rings. The molecule has 2 aromatic rings. The minimum Gasteiger partial charge on any atom is -0.376 e. The third-order valence-corrected chi connectivity index (χ3v) is 4.10. The number of nitrogens with one attached hydrogen (secondary N) is 1. The monoisotopic (exact) mass is 336 g/mol. The molecule has 0 bridgehead atoms. The zero-order valence-corrected chi connectivity index (χ0v) is 13.9. The summed E-state index contributed by atoms with van der Waals surface area (Å²) in [6.45, 7) is 1.76. The number of ether oxygens (including phenoxy) is 1. The SMILES string of the molecule is N#Cc1cccc(NC(=O)N(Cc2ccncc2)C[C@@H]2CCCO2)c1. The number of hydrogen-bond donors (Lipinski definition) is 1. The summed E-state index contributed by atoms with van der Waals surface area (Å²) in [7, 11) is 0. The highest BCUT2D eigenvalue weighted by Crippen LogP contribution is 2.17. The number of carbonyl (C=O) groups excluding carboxylic acids is 1. The van der Waals surface area contributed by atoms with Crippen LogP contribution < -0.4 is 5.32 Å². The van der Waals surface area contributed by atoms with E-state index in [2.05, 4.69) is 16.4 Å². The van der Waals surface area contributed by atoms with Crippen molar-refractivity contribution in [2.24, 2.45) is 0 Å². The lowest BCUT2D eigenvalue weighted by Crippen LogP contribution is -2.39. The van der Waals surface area contributed by atoms with E-state index in [9.17, 15) is 4.79 Å². The molecular weight excluding hydrogens is 316 g/mol. The lowest BCUT2D eigenvalue weighted by Gasteiger charge is -2.26. The van der Waals surface area contributed by atoms with E-state index in [1.807, 2.05) is 12.1 Å². The Morgan fingerprint density at radius 3 is 2.92 bits per heavy atom. The fourth-order valence-electron chi connectivity index (χ4n) is 2.83. The van der Waals surface area contributed by atoms with E-state index in [0.717, 1.165) is 25.0 Å². The van der Waals surface area contributed by atoms with E-state index in [1.54, 1.807) is 41.6 Å². The number of carbonyl (C=O) groups is 1. The number of hydrogen-bond acceptors (Lipinski definition) is 4. The molecule has 25 heavy (non-hydrogen) atoms.